The van der Waals surface area contributed by atoms with E-state index in [4.69, 9.17) is 11.6 Å². The van der Waals surface area contributed by atoms with Gasteiger partial charge in [0.2, 0.25) is 0 Å². The van der Waals surface area contributed by atoms with E-state index in [2.05, 4.69) is 15.6 Å². The van der Waals surface area contributed by atoms with Gasteiger partial charge < -0.3 is 9.67 Å². The fourth-order valence-corrected chi connectivity index (χ4v) is 3.02. The number of aliphatic hydroxyl groups excluding tert-OH is 1. The molecule has 1 aliphatic rings. The number of aromatic nitrogens is 2. The van der Waals surface area contributed by atoms with Crippen molar-refractivity contribution < 1.29 is 5.11 Å². The first kappa shape index (κ1) is 12.7. The third-order valence-electron chi connectivity index (χ3n) is 3.79. The second-order valence-electron chi connectivity index (χ2n) is 5.08. The molecular weight excluding hydrogens is 260 g/mol. The number of halogens is 1. The number of benzene rings is 1. The summed E-state index contributed by atoms with van der Waals surface area (Å²) >= 11 is 6.01. The topological polar surface area (TPSA) is 38.0 Å². The van der Waals surface area contributed by atoms with E-state index in [1.165, 1.54) is 11.3 Å². The quantitative estimate of drug-likeness (QED) is 0.936. The second kappa shape index (κ2) is 5.35. The van der Waals surface area contributed by atoms with Gasteiger partial charge in [-0.15, -0.1) is 0 Å². The zero-order valence-electron chi connectivity index (χ0n) is 10.7. The Kier molecular flexibility index (Phi) is 3.58. The minimum Gasteiger partial charge on any atom is -0.396 e. The minimum absolute atomic E-state index is 0.211. The summed E-state index contributed by atoms with van der Waals surface area (Å²) in [5.41, 5.74) is 2.35. The number of imidazole rings is 1. The van der Waals surface area contributed by atoms with Gasteiger partial charge in [0.25, 0.3) is 0 Å². The van der Waals surface area contributed by atoms with Gasteiger partial charge in [-0.2, -0.15) is 0 Å². The van der Waals surface area contributed by atoms with Crippen LogP contribution in [0.4, 0.5) is 0 Å². The number of aliphatic hydroxyl groups is 1. The Morgan fingerprint density at radius 2 is 2.32 bits per heavy atom. The van der Waals surface area contributed by atoms with Gasteiger partial charge in [-0.05, 0) is 30.5 Å². The zero-order chi connectivity index (χ0) is 13.2. The molecule has 0 saturated heterocycles. The molecule has 3 nitrogen and oxygen atoms in total. The number of hydrogen-bond acceptors (Lipinski definition) is 2. The van der Waals surface area contributed by atoms with Crippen LogP contribution in [0.25, 0.3) is 0 Å². The maximum Gasteiger partial charge on any atom is 0.113 e. The average Bonchev–Trinajstić information content (AvgIpc) is 2.82. The lowest BCUT2D eigenvalue weighted by atomic mass is 9.97. The van der Waals surface area contributed by atoms with Crippen molar-refractivity contribution in [1.82, 2.24) is 9.55 Å². The van der Waals surface area contributed by atoms with Crippen LogP contribution in [0.15, 0.2) is 30.5 Å². The molecule has 0 bridgehead atoms. The molecule has 1 aromatic heterocycles. The van der Waals surface area contributed by atoms with E-state index in [9.17, 15) is 5.11 Å². The molecular formula is C15H17ClN2O. The van der Waals surface area contributed by atoms with Gasteiger partial charge >= 0.3 is 0 Å². The maximum absolute atomic E-state index is 9.41. The molecule has 1 unspecified atom stereocenters. The van der Waals surface area contributed by atoms with Crippen molar-refractivity contribution in [3.63, 3.8) is 0 Å². The van der Waals surface area contributed by atoms with Gasteiger partial charge in [0, 0.05) is 35.8 Å². The normalized spacial score (nSPS) is 18.3. The molecule has 100 valence electrons. The summed E-state index contributed by atoms with van der Waals surface area (Å²) < 4.78 is 2.26. The van der Waals surface area contributed by atoms with Crippen molar-refractivity contribution in [2.75, 3.05) is 6.61 Å². The van der Waals surface area contributed by atoms with Crippen molar-refractivity contribution in [3.8, 4) is 0 Å². The van der Waals surface area contributed by atoms with E-state index >= 15 is 0 Å². The van der Waals surface area contributed by atoms with E-state index in [1.54, 1.807) is 0 Å². The van der Waals surface area contributed by atoms with Crippen molar-refractivity contribution in [2.24, 2.45) is 0 Å². The van der Waals surface area contributed by atoms with E-state index < -0.39 is 0 Å². The molecule has 4 heteroatoms. The van der Waals surface area contributed by atoms with E-state index in [0.717, 1.165) is 36.7 Å². The lowest BCUT2D eigenvalue weighted by molar-refractivity contribution is 0.240. The van der Waals surface area contributed by atoms with Crippen LogP contribution in [0, 0.1) is 0 Å². The lowest BCUT2D eigenvalue weighted by Gasteiger charge is -2.23. The van der Waals surface area contributed by atoms with Crippen LogP contribution in [-0.4, -0.2) is 21.3 Å². The molecule has 19 heavy (non-hydrogen) atoms. The van der Waals surface area contributed by atoms with Crippen LogP contribution in [0.2, 0.25) is 5.02 Å². The second-order valence-corrected chi connectivity index (χ2v) is 5.52. The Balaban J connectivity index is 1.88. The highest BCUT2D eigenvalue weighted by Gasteiger charge is 2.22. The Morgan fingerprint density at radius 3 is 3.11 bits per heavy atom. The number of rotatable bonds is 3. The summed E-state index contributed by atoms with van der Waals surface area (Å²) in [5, 5.41) is 10.2. The minimum atomic E-state index is 0.211. The summed E-state index contributed by atoms with van der Waals surface area (Å²) in [6.45, 7) is 1.21. The molecule has 1 atom stereocenters. The zero-order valence-corrected chi connectivity index (χ0v) is 11.5. The molecule has 1 N–H and O–H groups in total. The predicted octanol–water partition coefficient (Wildman–Crippen LogP) is 3.00. The van der Waals surface area contributed by atoms with Crippen LogP contribution in [0.3, 0.4) is 0 Å². The van der Waals surface area contributed by atoms with Gasteiger partial charge in [-0.3, -0.25) is 0 Å². The largest absolute Gasteiger partial charge is 0.396 e. The Bertz CT molecular complexity index is 579. The van der Waals surface area contributed by atoms with Gasteiger partial charge in [-0.25, -0.2) is 4.98 Å². The van der Waals surface area contributed by atoms with Crippen LogP contribution in [0.5, 0.6) is 0 Å². The van der Waals surface area contributed by atoms with Gasteiger partial charge in [-0.1, -0.05) is 23.7 Å². The first-order valence-corrected chi connectivity index (χ1v) is 7.05. The van der Waals surface area contributed by atoms with Gasteiger partial charge in [0.05, 0.1) is 6.61 Å². The van der Waals surface area contributed by atoms with Crippen molar-refractivity contribution in [2.45, 2.75) is 31.7 Å². The van der Waals surface area contributed by atoms with Crippen LogP contribution in [-0.2, 0) is 13.0 Å². The van der Waals surface area contributed by atoms with Crippen molar-refractivity contribution in [1.29, 1.82) is 0 Å². The van der Waals surface area contributed by atoms with Gasteiger partial charge in [0.15, 0.2) is 0 Å². The highest BCUT2D eigenvalue weighted by molar-refractivity contribution is 6.30. The summed E-state index contributed by atoms with van der Waals surface area (Å²) in [5.74, 6) is 1.31. The van der Waals surface area contributed by atoms with Crippen molar-refractivity contribution in [3.05, 3.63) is 52.6 Å². The predicted molar refractivity (Wildman–Crippen MR) is 75.5 cm³/mol. The maximum atomic E-state index is 9.41. The SMILES string of the molecule is OCC1CCCn2c1cnc2Cc1cccc(Cl)c1. The fraction of sp³-hybridized carbons (Fsp3) is 0.400. The molecule has 0 saturated carbocycles. The fourth-order valence-electron chi connectivity index (χ4n) is 2.81. The van der Waals surface area contributed by atoms with Gasteiger partial charge in [0.1, 0.15) is 5.82 Å². The number of nitrogens with zero attached hydrogens (tertiary/aromatic N) is 2. The van der Waals surface area contributed by atoms with E-state index in [0.29, 0.717) is 0 Å². The molecule has 0 amide bonds. The molecule has 0 aliphatic carbocycles. The van der Waals surface area contributed by atoms with Crippen LogP contribution in [0.1, 0.15) is 35.8 Å². The smallest absolute Gasteiger partial charge is 0.113 e. The highest BCUT2D eigenvalue weighted by atomic mass is 35.5. The average molecular weight is 277 g/mol. The van der Waals surface area contributed by atoms with E-state index in [-0.39, 0.29) is 12.5 Å². The van der Waals surface area contributed by atoms with E-state index in [1.807, 2.05) is 24.4 Å². The Morgan fingerprint density at radius 1 is 1.42 bits per heavy atom. The molecule has 2 aromatic rings. The molecule has 0 spiro atoms. The number of fused-ring (bicyclic) bond motifs is 1. The summed E-state index contributed by atoms with van der Waals surface area (Å²) in [4.78, 5) is 4.53. The molecule has 2 heterocycles. The Hall–Kier alpha value is -1.32. The number of hydrogen-bond donors (Lipinski definition) is 1. The third kappa shape index (κ3) is 2.53. The molecule has 1 aromatic carbocycles. The molecule has 3 rings (SSSR count). The molecule has 1 aliphatic heterocycles. The lowest BCUT2D eigenvalue weighted by Crippen LogP contribution is -2.19. The summed E-state index contributed by atoms with van der Waals surface area (Å²) in [6.07, 6.45) is 4.87. The standard InChI is InChI=1S/C15H17ClN2O/c16-13-5-1-3-11(7-13)8-15-17-9-14-12(10-19)4-2-6-18(14)15/h1,3,5,7,9,12,19H,2,4,6,8,10H2. The molecule has 0 fully saturated rings. The van der Waals surface area contributed by atoms with Crippen LogP contribution < -0.4 is 0 Å². The third-order valence-corrected chi connectivity index (χ3v) is 4.03. The summed E-state index contributed by atoms with van der Waals surface area (Å²) in [7, 11) is 0. The first-order valence-electron chi connectivity index (χ1n) is 6.67. The van der Waals surface area contributed by atoms with Crippen LogP contribution >= 0.6 is 11.6 Å². The summed E-state index contributed by atoms with van der Waals surface area (Å²) in [6, 6.07) is 7.90. The monoisotopic (exact) mass is 276 g/mol. The Labute approximate surface area is 117 Å². The van der Waals surface area contributed by atoms with Crippen molar-refractivity contribution >= 4 is 11.6 Å². The molecule has 0 radical (unpaired) electrons. The highest BCUT2D eigenvalue weighted by Crippen LogP contribution is 2.28. The first-order chi connectivity index (χ1) is 9.28.